The summed E-state index contributed by atoms with van der Waals surface area (Å²) in [7, 11) is 0. The fourth-order valence-corrected chi connectivity index (χ4v) is 2.31. The molecule has 0 aromatic heterocycles. The van der Waals surface area contributed by atoms with E-state index in [1.807, 2.05) is 6.07 Å². The van der Waals surface area contributed by atoms with Gasteiger partial charge in [-0.2, -0.15) is 0 Å². The Labute approximate surface area is 133 Å². The largest absolute Gasteiger partial charge is 0.490 e. The predicted octanol–water partition coefficient (Wildman–Crippen LogP) is 4.65. The molecule has 0 bridgehead atoms. The molecular weight excluding hydrogens is 311 g/mol. The Morgan fingerprint density at radius 2 is 1.62 bits per heavy atom. The molecule has 3 nitrogen and oxygen atoms in total. The number of carbonyl (C=O) groups is 1. The molecule has 0 aliphatic carbocycles. The highest BCUT2D eigenvalue weighted by Gasteiger charge is 2.07. The zero-order valence-electron chi connectivity index (χ0n) is 11.4. The number of para-hydroxylation sites is 1. The van der Waals surface area contributed by atoms with E-state index in [0.29, 0.717) is 40.3 Å². The Balaban J connectivity index is 1.89. The average molecular weight is 325 g/mol. The lowest BCUT2D eigenvalue weighted by molar-refractivity contribution is 0.101. The van der Waals surface area contributed by atoms with Crippen LogP contribution in [0.1, 0.15) is 17.3 Å². The van der Waals surface area contributed by atoms with Gasteiger partial charge in [-0.1, -0.05) is 35.3 Å². The van der Waals surface area contributed by atoms with Gasteiger partial charge in [-0.15, -0.1) is 0 Å². The average Bonchev–Trinajstić information content (AvgIpc) is 2.43. The third kappa shape index (κ3) is 4.66. The normalized spacial score (nSPS) is 10.2. The quantitative estimate of drug-likeness (QED) is 0.573. The molecule has 0 atom stereocenters. The summed E-state index contributed by atoms with van der Waals surface area (Å²) in [4.78, 5) is 11.5. The van der Waals surface area contributed by atoms with Crippen LogP contribution in [0.15, 0.2) is 42.5 Å². The summed E-state index contributed by atoms with van der Waals surface area (Å²) in [5.41, 5.74) is 0.559. The second-order valence-corrected chi connectivity index (χ2v) is 5.23. The molecule has 2 aromatic carbocycles. The number of carbonyl (C=O) groups excluding carboxylic acids is 1. The summed E-state index contributed by atoms with van der Waals surface area (Å²) >= 11 is 11.8. The van der Waals surface area contributed by atoms with Crippen molar-refractivity contribution in [2.24, 2.45) is 0 Å². The van der Waals surface area contributed by atoms with E-state index in [-0.39, 0.29) is 5.78 Å². The first-order valence-electron chi connectivity index (χ1n) is 6.38. The molecule has 110 valence electrons. The van der Waals surface area contributed by atoms with Crippen molar-refractivity contribution in [1.82, 2.24) is 0 Å². The van der Waals surface area contributed by atoms with Crippen molar-refractivity contribution < 1.29 is 14.3 Å². The number of halogens is 2. The van der Waals surface area contributed by atoms with E-state index < -0.39 is 0 Å². The third-order valence-corrected chi connectivity index (χ3v) is 3.15. The Morgan fingerprint density at radius 1 is 1.00 bits per heavy atom. The minimum Gasteiger partial charge on any atom is -0.490 e. The lowest BCUT2D eigenvalue weighted by atomic mass is 10.1. The van der Waals surface area contributed by atoms with E-state index in [4.69, 9.17) is 32.7 Å². The minimum atomic E-state index is -0.0341. The van der Waals surface area contributed by atoms with Crippen molar-refractivity contribution >= 4 is 29.0 Å². The fourth-order valence-electron chi connectivity index (χ4n) is 1.81. The summed E-state index contributed by atoms with van der Waals surface area (Å²) in [6, 6.07) is 12.1. The van der Waals surface area contributed by atoms with Gasteiger partial charge in [0.05, 0.1) is 5.56 Å². The van der Waals surface area contributed by atoms with Gasteiger partial charge < -0.3 is 9.47 Å². The van der Waals surface area contributed by atoms with Crippen molar-refractivity contribution in [3.8, 4) is 11.5 Å². The van der Waals surface area contributed by atoms with Gasteiger partial charge in [0.1, 0.15) is 24.7 Å². The first-order valence-corrected chi connectivity index (χ1v) is 7.13. The molecule has 21 heavy (non-hydrogen) atoms. The second-order valence-electron chi connectivity index (χ2n) is 4.35. The fraction of sp³-hybridized carbons (Fsp3) is 0.188. The molecule has 0 unspecified atom stereocenters. The first-order chi connectivity index (χ1) is 10.1. The van der Waals surface area contributed by atoms with Crippen LogP contribution < -0.4 is 9.47 Å². The van der Waals surface area contributed by atoms with Gasteiger partial charge >= 0.3 is 0 Å². The smallest absolute Gasteiger partial charge is 0.163 e. The summed E-state index contributed by atoms with van der Waals surface area (Å²) in [5.74, 6) is 1.10. The Morgan fingerprint density at radius 3 is 2.29 bits per heavy atom. The van der Waals surface area contributed by atoms with Crippen molar-refractivity contribution in [1.29, 1.82) is 0 Å². The van der Waals surface area contributed by atoms with Crippen LogP contribution in [-0.4, -0.2) is 19.0 Å². The van der Waals surface area contributed by atoms with Crippen molar-refractivity contribution in [2.45, 2.75) is 6.92 Å². The van der Waals surface area contributed by atoms with Crippen LogP contribution in [0.5, 0.6) is 11.5 Å². The van der Waals surface area contributed by atoms with Gasteiger partial charge in [-0.25, -0.2) is 0 Å². The molecule has 0 amide bonds. The maximum Gasteiger partial charge on any atom is 0.163 e. The van der Waals surface area contributed by atoms with Crippen molar-refractivity contribution in [3.05, 3.63) is 58.1 Å². The molecule has 2 rings (SSSR count). The number of rotatable bonds is 6. The summed E-state index contributed by atoms with van der Waals surface area (Å²) in [6.45, 7) is 2.14. The van der Waals surface area contributed by atoms with E-state index >= 15 is 0 Å². The maximum absolute atomic E-state index is 11.5. The molecule has 0 radical (unpaired) electrons. The van der Waals surface area contributed by atoms with Crippen molar-refractivity contribution in [2.75, 3.05) is 13.2 Å². The summed E-state index contributed by atoms with van der Waals surface area (Å²) in [6.07, 6.45) is 0. The molecule has 0 aliphatic rings. The summed E-state index contributed by atoms with van der Waals surface area (Å²) in [5, 5.41) is 1.03. The van der Waals surface area contributed by atoms with Crippen LogP contribution in [0.3, 0.4) is 0 Å². The molecule has 0 aliphatic heterocycles. The Bertz CT molecular complexity index is 621. The van der Waals surface area contributed by atoms with E-state index in [2.05, 4.69) is 0 Å². The van der Waals surface area contributed by atoms with E-state index in [1.54, 1.807) is 36.4 Å². The van der Waals surface area contributed by atoms with Gasteiger partial charge in [-0.05, 0) is 37.3 Å². The van der Waals surface area contributed by atoms with Gasteiger partial charge in [0, 0.05) is 10.0 Å². The highest BCUT2D eigenvalue weighted by atomic mass is 35.5. The van der Waals surface area contributed by atoms with Gasteiger partial charge in [0.25, 0.3) is 0 Å². The van der Waals surface area contributed by atoms with Crippen LogP contribution in [0.4, 0.5) is 0 Å². The molecule has 0 spiro atoms. The highest BCUT2D eigenvalue weighted by Crippen LogP contribution is 2.24. The van der Waals surface area contributed by atoms with E-state index in [0.717, 1.165) is 0 Å². The molecule has 0 fully saturated rings. The molecule has 0 saturated carbocycles. The highest BCUT2D eigenvalue weighted by molar-refractivity contribution is 6.34. The molecule has 2 aromatic rings. The number of hydrogen-bond donors (Lipinski definition) is 0. The standard InChI is InChI=1S/C16H14Cl2O3/c1-11(19)15-4-2-3-5-16(15)21-7-6-20-14-9-12(17)8-13(18)10-14/h2-5,8-10H,6-7H2,1H3. The monoisotopic (exact) mass is 324 g/mol. The van der Waals surface area contributed by atoms with E-state index in [1.165, 1.54) is 6.92 Å². The van der Waals surface area contributed by atoms with Crippen LogP contribution in [-0.2, 0) is 0 Å². The molecule has 0 N–H and O–H groups in total. The van der Waals surface area contributed by atoms with Crippen LogP contribution in [0, 0.1) is 0 Å². The number of ether oxygens (including phenoxy) is 2. The van der Waals surface area contributed by atoms with Crippen LogP contribution >= 0.6 is 23.2 Å². The third-order valence-electron chi connectivity index (χ3n) is 2.71. The predicted molar refractivity (Wildman–Crippen MR) is 83.9 cm³/mol. The topological polar surface area (TPSA) is 35.5 Å². The molecular formula is C16H14Cl2O3. The number of ketones is 1. The zero-order valence-corrected chi connectivity index (χ0v) is 12.9. The maximum atomic E-state index is 11.5. The number of benzene rings is 2. The second kappa shape index (κ2) is 7.34. The summed E-state index contributed by atoms with van der Waals surface area (Å²) < 4.78 is 11.1. The van der Waals surface area contributed by atoms with Crippen LogP contribution in [0.2, 0.25) is 10.0 Å². The number of Topliss-reactive ketones (excluding diaryl/α,β-unsaturated/α-hetero) is 1. The molecule has 0 saturated heterocycles. The molecule has 0 heterocycles. The Hall–Kier alpha value is -1.71. The zero-order chi connectivity index (χ0) is 15.2. The van der Waals surface area contributed by atoms with Gasteiger partial charge in [0.2, 0.25) is 0 Å². The lowest BCUT2D eigenvalue weighted by Gasteiger charge is -2.11. The van der Waals surface area contributed by atoms with Crippen LogP contribution in [0.25, 0.3) is 0 Å². The first kappa shape index (κ1) is 15.7. The van der Waals surface area contributed by atoms with Gasteiger partial charge in [-0.3, -0.25) is 4.79 Å². The van der Waals surface area contributed by atoms with E-state index in [9.17, 15) is 4.79 Å². The Kier molecular flexibility index (Phi) is 5.48. The lowest BCUT2D eigenvalue weighted by Crippen LogP contribution is -2.10. The van der Waals surface area contributed by atoms with Gasteiger partial charge in [0.15, 0.2) is 5.78 Å². The minimum absolute atomic E-state index is 0.0341. The SMILES string of the molecule is CC(=O)c1ccccc1OCCOc1cc(Cl)cc(Cl)c1. The van der Waals surface area contributed by atoms with Crippen molar-refractivity contribution in [3.63, 3.8) is 0 Å². The number of hydrogen-bond acceptors (Lipinski definition) is 3. The molecule has 5 heteroatoms.